The molecule has 2 aliphatic heterocycles. The molecule has 2 fully saturated rings. The number of benzene rings is 1. The smallest absolute Gasteiger partial charge is 0.164 e. The Hall–Kier alpha value is -0.550. The van der Waals surface area contributed by atoms with E-state index in [2.05, 4.69) is 12.1 Å². The van der Waals surface area contributed by atoms with Gasteiger partial charge in [-0.2, -0.15) is 0 Å². The molecule has 0 saturated carbocycles. The Kier molecular flexibility index (Phi) is 3.61. The maximum absolute atomic E-state index is 10.3. The van der Waals surface area contributed by atoms with E-state index < -0.39 is 0 Å². The lowest BCUT2D eigenvalue weighted by atomic mass is 9.87. The van der Waals surface area contributed by atoms with Crippen molar-refractivity contribution in [2.75, 3.05) is 12.4 Å². The van der Waals surface area contributed by atoms with Crippen LogP contribution in [0.1, 0.15) is 6.92 Å². The third-order valence-corrected chi connectivity index (χ3v) is 4.99. The zero-order valence-electron chi connectivity index (χ0n) is 10.4. The molecule has 4 heteroatoms. The quantitative estimate of drug-likeness (QED) is 0.851. The number of hydrogen-bond donors (Lipinski definition) is 1. The van der Waals surface area contributed by atoms with Crippen LogP contribution in [0.25, 0.3) is 0 Å². The lowest BCUT2D eigenvalue weighted by Crippen LogP contribution is -2.46. The van der Waals surface area contributed by atoms with Gasteiger partial charge >= 0.3 is 0 Å². The Morgan fingerprint density at radius 1 is 1.33 bits per heavy atom. The van der Waals surface area contributed by atoms with Crippen molar-refractivity contribution in [3.63, 3.8) is 0 Å². The minimum absolute atomic E-state index is 0.0592. The lowest BCUT2D eigenvalue weighted by molar-refractivity contribution is -0.173. The zero-order valence-corrected chi connectivity index (χ0v) is 11.2. The standard InChI is InChI=1S/C14H18O3S/c1-9-12-7-16-14(17-12)11(13(9)15)8-18-10-5-3-2-4-6-10/h2-6,9,11-15H,7-8H2,1H3/t9-,11-,12-,13+,14-/m1/s1. The van der Waals surface area contributed by atoms with E-state index in [0.29, 0.717) is 6.61 Å². The maximum atomic E-state index is 10.3. The Morgan fingerprint density at radius 3 is 2.89 bits per heavy atom. The molecule has 0 aromatic heterocycles. The van der Waals surface area contributed by atoms with Gasteiger partial charge in [-0.05, 0) is 12.1 Å². The number of thioether (sulfide) groups is 1. The van der Waals surface area contributed by atoms with E-state index in [0.717, 1.165) is 5.75 Å². The van der Waals surface area contributed by atoms with Gasteiger partial charge in [0.25, 0.3) is 0 Å². The van der Waals surface area contributed by atoms with Gasteiger partial charge in [0.15, 0.2) is 6.29 Å². The first kappa shape index (κ1) is 12.5. The molecule has 2 bridgehead atoms. The first-order chi connectivity index (χ1) is 8.75. The summed E-state index contributed by atoms with van der Waals surface area (Å²) in [6, 6.07) is 10.2. The van der Waals surface area contributed by atoms with Crippen molar-refractivity contribution >= 4 is 11.8 Å². The van der Waals surface area contributed by atoms with Gasteiger partial charge < -0.3 is 14.6 Å². The van der Waals surface area contributed by atoms with Gasteiger partial charge in [0.1, 0.15) is 0 Å². The van der Waals surface area contributed by atoms with E-state index in [1.54, 1.807) is 11.8 Å². The Bertz CT molecular complexity index is 397. The number of aliphatic hydroxyl groups is 1. The molecule has 18 heavy (non-hydrogen) atoms. The van der Waals surface area contributed by atoms with Crippen LogP contribution >= 0.6 is 11.8 Å². The third kappa shape index (κ3) is 2.30. The molecular weight excluding hydrogens is 248 g/mol. The van der Waals surface area contributed by atoms with Gasteiger partial charge in [0.05, 0.1) is 18.8 Å². The molecule has 3 nitrogen and oxygen atoms in total. The molecular formula is C14H18O3S. The largest absolute Gasteiger partial charge is 0.392 e. The molecule has 98 valence electrons. The molecule has 2 heterocycles. The van der Waals surface area contributed by atoms with E-state index in [1.807, 2.05) is 25.1 Å². The van der Waals surface area contributed by atoms with Crippen LogP contribution in [0, 0.1) is 11.8 Å². The van der Waals surface area contributed by atoms with Crippen molar-refractivity contribution in [1.82, 2.24) is 0 Å². The minimum Gasteiger partial charge on any atom is -0.392 e. The molecule has 2 saturated heterocycles. The molecule has 1 aromatic rings. The lowest BCUT2D eigenvalue weighted by Gasteiger charge is -2.36. The van der Waals surface area contributed by atoms with E-state index >= 15 is 0 Å². The molecule has 5 atom stereocenters. The molecule has 0 aliphatic carbocycles. The molecule has 1 N–H and O–H groups in total. The summed E-state index contributed by atoms with van der Waals surface area (Å²) in [5.74, 6) is 1.04. The van der Waals surface area contributed by atoms with E-state index in [1.165, 1.54) is 4.90 Å². The molecule has 3 rings (SSSR count). The van der Waals surface area contributed by atoms with Crippen molar-refractivity contribution < 1.29 is 14.6 Å². The topological polar surface area (TPSA) is 38.7 Å². The van der Waals surface area contributed by atoms with Crippen LogP contribution in [0.2, 0.25) is 0 Å². The second kappa shape index (κ2) is 5.21. The normalized spacial score (nSPS) is 38.9. The summed E-state index contributed by atoms with van der Waals surface area (Å²) in [5, 5.41) is 10.3. The molecule has 0 radical (unpaired) electrons. The summed E-state index contributed by atoms with van der Waals surface area (Å²) in [6.45, 7) is 2.66. The molecule has 0 spiro atoms. The highest BCUT2D eigenvalue weighted by Gasteiger charge is 2.47. The summed E-state index contributed by atoms with van der Waals surface area (Å²) in [5.41, 5.74) is 0. The molecule has 2 aliphatic rings. The Labute approximate surface area is 111 Å². The highest BCUT2D eigenvalue weighted by molar-refractivity contribution is 7.99. The Balaban J connectivity index is 1.65. The second-order valence-corrected chi connectivity index (χ2v) is 6.11. The predicted octanol–water partition coefficient (Wildman–Crippen LogP) is 2.15. The van der Waals surface area contributed by atoms with Crippen molar-refractivity contribution in [3.05, 3.63) is 30.3 Å². The van der Waals surface area contributed by atoms with Crippen LogP contribution in [0.4, 0.5) is 0 Å². The van der Waals surface area contributed by atoms with Crippen molar-refractivity contribution in [3.8, 4) is 0 Å². The van der Waals surface area contributed by atoms with Gasteiger partial charge in [0.2, 0.25) is 0 Å². The summed E-state index contributed by atoms with van der Waals surface area (Å²) >= 11 is 1.75. The van der Waals surface area contributed by atoms with Crippen LogP contribution in [0.15, 0.2) is 35.2 Å². The highest BCUT2D eigenvalue weighted by Crippen LogP contribution is 2.38. The Morgan fingerprint density at radius 2 is 2.11 bits per heavy atom. The van der Waals surface area contributed by atoms with Crippen molar-refractivity contribution in [2.24, 2.45) is 11.8 Å². The van der Waals surface area contributed by atoms with Gasteiger partial charge in [0, 0.05) is 22.5 Å². The average Bonchev–Trinajstić information content (AvgIpc) is 2.84. The van der Waals surface area contributed by atoms with Crippen LogP contribution in [-0.2, 0) is 9.47 Å². The number of aliphatic hydroxyl groups excluding tert-OH is 1. The fourth-order valence-electron chi connectivity index (χ4n) is 2.60. The van der Waals surface area contributed by atoms with E-state index in [4.69, 9.17) is 9.47 Å². The van der Waals surface area contributed by atoms with Gasteiger partial charge in [-0.3, -0.25) is 0 Å². The van der Waals surface area contributed by atoms with Gasteiger partial charge in [-0.15, -0.1) is 11.8 Å². The average molecular weight is 266 g/mol. The number of fused-ring (bicyclic) bond motifs is 2. The van der Waals surface area contributed by atoms with Crippen LogP contribution in [-0.4, -0.2) is 36.0 Å². The summed E-state index contributed by atoms with van der Waals surface area (Å²) in [6.07, 6.45) is -0.479. The van der Waals surface area contributed by atoms with Gasteiger partial charge in [-0.25, -0.2) is 0 Å². The first-order valence-electron chi connectivity index (χ1n) is 6.38. The highest BCUT2D eigenvalue weighted by atomic mass is 32.2. The fourth-order valence-corrected chi connectivity index (χ4v) is 3.69. The summed E-state index contributed by atoms with van der Waals surface area (Å²) < 4.78 is 11.4. The first-order valence-corrected chi connectivity index (χ1v) is 7.37. The third-order valence-electron chi connectivity index (χ3n) is 3.83. The predicted molar refractivity (Wildman–Crippen MR) is 70.4 cm³/mol. The summed E-state index contributed by atoms with van der Waals surface area (Å²) in [4.78, 5) is 1.22. The molecule has 1 aromatic carbocycles. The zero-order chi connectivity index (χ0) is 12.5. The van der Waals surface area contributed by atoms with E-state index in [9.17, 15) is 5.11 Å². The minimum atomic E-state index is -0.326. The maximum Gasteiger partial charge on any atom is 0.164 e. The number of ether oxygens (including phenoxy) is 2. The second-order valence-electron chi connectivity index (χ2n) is 5.01. The monoisotopic (exact) mass is 266 g/mol. The number of rotatable bonds is 3. The van der Waals surface area contributed by atoms with Crippen LogP contribution in [0.5, 0.6) is 0 Å². The van der Waals surface area contributed by atoms with Crippen molar-refractivity contribution in [2.45, 2.75) is 30.3 Å². The SMILES string of the molecule is C[C@H]1[C@H](O)[C@@H](CSc2ccccc2)[C@@H]2OC[C@H]1O2. The summed E-state index contributed by atoms with van der Waals surface area (Å²) in [7, 11) is 0. The van der Waals surface area contributed by atoms with Gasteiger partial charge in [-0.1, -0.05) is 25.1 Å². The molecule has 0 unspecified atom stereocenters. The van der Waals surface area contributed by atoms with Crippen LogP contribution < -0.4 is 0 Å². The van der Waals surface area contributed by atoms with E-state index in [-0.39, 0.29) is 30.3 Å². The number of hydrogen-bond acceptors (Lipinski definition) is 4. The van der Waals surface area contributed by atoms with Crippen molar-refractivity contribution in [1.29, 1.82) is 0 Å². The van der Waals surface area contributed by atoms with Crippen LogP contribution in [0.3, 0.4) is 0 Å². The fraction of sp³-hybridized carbons (Fsp3) is 0.571. The molecule has 0 amide bonds.